The maximum Gasteiger partial charge on any atom is 0.116 e. The summed E-state index contributed by atoms with van der Waals surface area (Å²) >= 11 is 1.70. The molecule has 0 fully saturated rings. The Hall–Kier alpha value is -0.610. The monoisotopic (exact) mass is 184 g/mol. The van der Waals surface area contributed by atoms with Crippen LogP contribution in [-0.2, 0) is 0 Å². The van der Waals surface area contributed by atoms with Crippen molar-refractivity contribution in [2.75, 3.05) is 12.4 Å². The quantitative estimate of drug-likeness (QED) is 0.426. The number of aliphatic hydroxyl groups excluding tert-OH is 1. The highest BCUT2D eigenvalue weighted by molar-refractivity contribution is 7.99. The summed E-state index contributed by atoms with van der Waals surface area (Å²) in [6, 6.07) is 1.89. The summed E-state index contributed by atoms with van der Waals surface area (Å²) in [5.41, 5.74) is 0. The van der Waals surface area contributed by atoms with Crippen LogP contribution in [0.5, 0.6) is 0 Å². The Morgan fingerprint density at radius 3 is 3.00 bits per heavy atom. The summed E-state index contributed by atoms with van der Waals surface area (Å²) in [4.78, 5) is 7.89. The first kappa shape index (κ1) is 9.48. The number of rotatable bonds is 5. The summed E-state index contributed by atoms with van der Waals surface area (Å²) < 4.78 is 0. The van der Waals surface area contributed by atoms with Crippen LogP contribution in [0.4, 0.5) is 0 Å². The van der Waals surface area contributed by atoms with Crippen LogP contribution in [0.1, 0.15) is 12.8 Å². The minimum atomic E-state index is 0.282. The molecule has 0 aromatic carbocycles. The van der Waals surface area contributed by atoms with Gasteiger partial charge in [-0.2, -0.15) is 0 Å². The topological polar surface area (TPSA) is 46.0 Å². The zero-order valence-corrected chi connectivity index (χ0v) is 7.63. The standard InChI is InChI=1S/C8H12N2OS/c11-5-1-2-6-12-8-3-4-9-7-10-8/h3-4,7,11H,1-2,5-6H2. The fraction of sp³-hybridized carbons (Fsp3) is 0.500. The molecule has 66 valence electrons. The first-order valence-electron chi connectivity index (χ1n) is 3.93. The van der Waals surface area contributed by atoms with Gasteiger partial charge in [-0.3, -0.25) is 0 Å². The average Bonchev–Trinajstić information content (AvgIpc) is 2.14. The van der Waals surface area contributed by atoms with Crippen molar-refractivity contribution in [3.8, 4) is 0 Å². The first-order valence-corrected chi connectivity index (χ1v) is 4.91. The van der Waals surface area contributed by atoms with E-state index in [1.54, 1.807) is 24.3 Å². The first-order chi connectivity index (χ1) is 5.93. The molecule has 0 amide bonds. The van der Waals surface area contributed by atoms with Crippen molar-refractivity contribution in [2.45, 2.75) is 17.9 Å². The lowest BCUT2D eigenvalue weighted by Gasteiger charge is -1.97. The smallest absolute Gasteiger partial charge is 0.116 e. The third kappa shape index (κ3) is 3.69. The van der Waals surface area contributed by atoms with Crippen molar-refractivity contribution >= 4 is 11.8 Å². The molecule has 0 saturated carbocycles. The van der Waals surface area contributed by atoms with Gasteiger partial charge < -0.3 is 5.11 Å². The maximum atomic E-state index is 8.53. The number of aromatic nitrogens is 2. The third-order valence-electron chi connectivity index (χ3n) is 1.36. The molecule has 1 aromatic heterocycles. The van der Waals surface area contributed by atoms with E-state index in [2.05, 4.69) is 9.97 Å². The molecule has 0 aliphatic heterocycles. The SMILES string of the molecule is OCCCCSc1ccncn1. The van der Waals surface area contributed by atoms with Crippen molar-refractivity contribution in [1.29, 1.82) is 0 Å². The molecule has 12 heavy (non-hydrogen) atoms. The van der Waals surface area contributed by atoms with Crippen LogP contribution in [0.25, 0.3) is 0 Å². The van der Waals surface area contributed by atoms with E-state index in [1.165, 1.54) is 0 Å². The van der Waals surface area contributed by atoms with E-state index < -0.39 is 0 Å². The van der Waals surface area contributed by atoms with Crippen LogP contribution >= 0.6 is 11.8 Å². The lowest BCUT2D eigenvalue weighted by atomic mass is 10.4. The Bertz CT molecular complexity index is 205. The van der Waals surface area contributed by atoms with Gasteiger partial charge in [-0.15, -0.1) is 11.8 Å². The molecule has 1 aromatic rings. The molecule has 0 aliphatic carbocycles. The Morgan fingerprint density at radius 2 is 2.33 bits per heavy atom. The van der Waals surface area contributed by atoms with E-state index in [0.717, 1.165) is 23.6 Å². The van der Waals surface area contributed by atoms with E-state index in [4.69, 9.17) is 5.11 Å². The normalized spacial score (nSPS) is 10.1. The second-order valence-corrected chi connectivity index (χ2v) is 3.44. The molecular formula is C8H12N2OS. The van der Waals surface area contributed by atoms with E-state index in [-0.39, 0.29) is 6.61 Å². The fourth-order valence-corrected chi connectivity index (χ4v) is 1.59. The van der Waals surface area contributed by atoms with Crippen LogP contribution in [0.15, 0.2) is 23.6 Å². The number of aliphatic hydroxyl groups is 1. The molecule has 0 aliphatic rings. The Balaban J connectivity index is 2.16. The van der Waals surface area contributed by atoms with Crippen LogP contribution in [-0.4, -0.2) is 27.4 Å². The zero-order valence-electron chi connectivity index (χ0n) is 6.81. The van der Waals surface area contributed by atoms with Crippen molar-refractivity contribution in [1.82, 2.24) is 9.97 Å². The molecule has 0 unspecified atom stereocenters. The largest absolute Gasteiger partial charge is 0.396 e. The molecule has 0 atom stereocenters. The van der Waals surface area contributed by atoms with Gasteiger partial charge in [0.1, 0.15) is 6.33 Å². The highest BCUT2D eigenvalue weighted by atomic mass is 32.2. The fourth-order valence-electron chi connectivity index (χ4n) is 0.755. The van der Waals surface area contributed by atoms with Gasteiger partial charge in [0.2, 0.25) is 0 Å². The summed E-state index contributed by atoms with van der Waals surface area (Å²) in [5, 5.41) is 9.53. The number of nitrogens with zero attached hydrogens (tertiary/aromatic N) is 2. The molecule has 1 rings (SSSR count). The predicted octanol–water partition coefficient (Wildman–Crippen LogP) is 1.34. The highest BCUT2D eigenvalue weighted by Gasteiger charge is 1.93. The minimum Gasteiger partial charge on any atom is -0.396 e. The number of thioether (sulfide) groups is 1. The minimum absolute atomic E-state index is 0.282. The van der Waals surface area contributed by atoms with E-state index in [1.807, 2.05) is 6.07 Å². The molecule has 0 spiro atoms. The van der Waals surface area contributed by atoms with Crippen LogP contribution in [0.2, 0.25) is 0 Å². The van der Waals surface area contributed by atoms with Crippen LogP contribution in [0, 0.1) is 0 Å². The third-order valence-corrected chi connectivity index (χ3v) is 2.39. The zero-order chi connectivity index (χ0) is 8.65. The van der Waals surface area contributed by atoms with E-state index in [9.17, 15) is 0 Å². The lowest BCUT2D eigenvalue weighted by Crippen LogP contribution is -1.86. The Labute approximate surface area is 76.2 Å². The van der Waals surface area contributed by atoms with Gasteiger partial charge in [0.05, 0.1) is 5.03 Å². The van der Waals surface area contributed by atoms with Gasteiger partial charge in [-0.1, -0.05) is 0 Å². The van der Waals surface area contributed by atoms with E-state index >= 15 is 0 Å². The average molecular weight is 184 g/mol. The molecule has 4 heteroatoms. The number of hydrogen-bond acceptors (Lipinski definition) is 4. The van der Waals surface area contributed by atoms with Gasteiger partial charge in [-0.25, -0.2) is 9.97 Å². The Kier molecular flexibility index (Phi) is 4.71. The van der Waals surface area contributed by atoms with Crippen molar-refractivity contribution in [2.24, 2.45) is 0 Å². The summed E-state index contributed by atoms with van der Waals surface area (Å²) in [6.45, 7) is 0.282. The molecule has 3 nitrogen and oxygen atoms in total. The van der Waals surface area contributed by atoms with Crippen LogP contribution < -0.4 is 0 Å². The molecule has 0 bridgehead atoms. The Morgan fingerprint density at radius 1 is 1.42 bits per heavy atom. The molecular weight excluding hydrogens is 172 g/mol. The van der Waals surface area contributed by atoms with Gasteiger partial charge in [-0.05, 0) is 24.7 Å². The van der Waals surface area contributed by atoms with E-state index in [0.29, 0.717) is 0 Å². The molecule has 0 saturated heterocycles. The number of unbranched alkanes of at least 4 members (excludes halogenated alkanes) is 1. The van der Waals surface area contributed by atoms with Gasteiger partial charge in [0.15, 0.2) is 0 Å². The predicted molar refractivity (Wildman–Crippen MR) is 49.1 cm³/mol. The van der Waals surface area contributed by atoms with Gasteiger partial charge in [0.25, 0.3) is 0 Å². The molecule has 0 radical (unpaired) electrons. The summed E-state index contributed by atoms with van der Waals surface area (Å²) in [7, 11) is 0. The van der Waals surface area contributed by atoms with Crippen molar-refractivity contribution < 1.29 is 5.11 Å². The molecule has 1 heterocycles. The maximum absolute atomic E-state index is 8.53. The van der Waals surface area contributed by atoms with Crippen molar-refractivity contribution in [3.63, 3.8) is 0 Å². The molecule has 1 N–H and O–H groups in total. The second kappa shape index (κ2) is 5.97. The van der Waals surface area contributed by atoms with Gasteiger partial charge >= 0.3 is 0 Å². The summed E-state index contributed by atoms with van der Waals surface area (Å²) in [6.07, 6.45) is 5.19. The lowest BCUT2D eigenvalue weighted by molar-refractivity contribution is 0.287. The van der Waals surface area contributed by atoms with Gasteiger partial charge in [0, 0.05) is 12.8 Å². The highest BCUT2D eigenvalue weighted by Crippen LogP contribution is 2.14. The summed E-state index contributed by atoms with van der Waals surface area (Å²) in [5.74, 6) is 1.01. The second-order valence-electron chi connectivity index (χ2n) is 2.33. The van der Waals surface area contributed by atoms with Crippen molar-refractivity contribution in [3.05, 3.63) is 18.6 Å². The number of hydrogen-bond donors (Lipinski definition) is 1. The van der Waals surface area contributed by atoms with Crippen LogP contribution in [0.3, 0.4) is 0 Å².